The van der Waals surface area contributed by atoms with E-state index in [0.29, 0.717) is 31.7 Å². The number of hydrogen-bond acceptors (Lipinski definition) is 6. The Morgan fingerprint density at radius 2 is 2.04 bits per heavy atom. The van der Waals surface area contributed by atoms with E-state index >= 15 is 0 Å². The smallest absolute Gasteiger partial charge is 0.312 e. The first-order valence-corrected chi connectivity index (χ1v) is 9.65. The van der Waals surface area contributed by atoms with Crippen LogP contribution in [-0.4, -0.2) is 29.2 Å². The van der Waals surface area contributed by atoms with Gasteiger partial charge in [0.25, 0.3) is 5.69 Å². The van der Waals surface area contributed by atoms with Crippen molar-refractivity contribution in [2.24, 2.45) is 0 Å². The summed E-state index contributed by atoms with van der Waals surface area (Å²) in [5.74, 6) is -0.457. The number of carboxylic acid groups (broad SMARTS) is 1. The minimum atomic E-state index is -2.78. The molecule has 0 heterocycles. The molecule has 1 aromatic carbocycles. The van der Waals surface area contributed by atoms with Crippen LogP contribution in [0.25, 0.3) is 0 Å². The van der Waals surface area contributed by atoms with Crippen molar-refractivity contribution in [2.75, 3.05) is 13.2 Å². The Labute approximate surface area is 139 Å². The molecule has 1 atom stereocenters. The molecule has 23 heavy (non-hydrogen) atoms. The monoisotopic (exact) mass is 362 g/mol. The highest BCUT2D eigenvalue weighted by Gasteiger charge is 2.20. The molecule has 0 aliphatic heterocycles. The van der Waals surface area contributed by atoms with E-state index in [0.717, 1.165) is 0 Å². The van der Waals surface area contributed by atoms with E-state index < -0.39 is 17.5 Å². The zero-order valence-corrected chi connectivity index (χ0v) is 14.3. The van der Waals surface area contributed by atoms with Gasteiger partial charge in [-0.05, 0) is 43.7 Å². The number of nitro groups is 1. The van der Waals surface area contributed by atoms with Gasteiger partial charge >= 0.3 is 12.6 Å². The number of carbonyl (C=O) groups is 1. The van der Waals surface area contributed by atoms with Gasteiger partial charge in [0.15, 0.2) is 0 Å². The minimum absolute atomic E-state index is 0.0382. The van der Waals surface area contributed by atoms with Gasteiger partial charge in [0.1, 0.15) is 5.75 Å². The Morgan fingerprint density at radius 3 is 2.57 bits per heavy atom. The zero-order valence-electron chi connectivity index (χ0n) is 12.6. The summed E-state index contributed by atoms with van der Waals surface area (Å²) in [4.78, 5) is 20.6. The lowest BCUT2D eigenvalue weighted by atomic mass is 10.2. The van der Waals surface area contributed by atoms with Crippen molar-refractivity contribution in [3.63, 3.8) is 0 Å². The van der Waals surface area contributed by atoms with Crippen molar-refractivity contribution >= 4 is 30.1 Å². The van der Waals surface area contributed by atoms with Crippen molar-refractivity contribution in [3.05, 3.63) is 34.4 Å². The van der Waals surface area contributed by atoms with Crippen LogP contribution in [0.15, 0.2) is 24.3 Å². The van der Waals surface area contributed by atoms with Crippen LogP contribution >= 0.6 is 6.64 Å². The molecule has 0 aliphatic carbocycles. The van der Waals surface area contributed by atoms with Crippen LogP contribution in [0.5, 0.6) is 5.75 Å². The number of nitrogens with zero attached hydrogens (tertiary/aromatic N) is 1. The minimum Gasteiger partial charge on any atom is -0.481 e. The Morgan fingerprint density at radius 1 is 1.39 bits per heavy atom. The van der Waals surface area contributed by atoms with Crippen molar-refractivity contribution < 1.29 is 23.9 Å². The van der Waals surface area contributed by atoms with E-state index in [9.17, 15) is 14.9 Å². The van der Waals surface area contributed by atoms with Gasteiger partial charge in [0.2, 0.25) is 0 Å². The van der Waals surface area contributed by atoms with Crippen molar-refractivity contribution in [3.8, 4) is 5.75 Å². The zero-order chi connectivity index (χ0) is 17.3. The lowest BCUT2D eigenvalue weighted by Crippen LogP contribution is -2.18. The average Bonchev–Trinajstić information content (AvgIpc) is 2.47. The van der Waals surface area contributed by atoms with Crippen molar-refractivity contribution in [2.45, 2.75) is 26.2 Å². The van der Waals surface area contributed by atoms with Crippen LogP contribution in [0.1, 0.15) is 26.2 Å². The summed E-state index contributed by atoms with van der Waals surface area (Å²) in [5, 5.41) is 22.2. The van der Waals surface area contributed by atoms with Gasteiger partial charge in [-0.25, -0.2) is 5.09 Å². The first-order chi connectivity index (χ1) is 10.9. The third-order valence-electron chi connectivity index (χ3n) is 2.70. The summed E-state index contributed by atoms with van der Waals surface area (Å²) < 4.78 is 11.1. The molecule has 0 aliphatic rings. The predicted molar refractivity (Wildman–Crippen MR) is 89.1 cm³/mol. The Bertz CT molecular complexity index is 580. The van der Waals surface area contributed by atoms with Crippen LogP contribution in [0, 0.1) is 10.1 Å². The second kappa shape index (κ2) is 9.57. The second-order valence-corrected chi connectivity index (χ2v) is 7.71. The Kier molecular flexibility index (Phi) is 8.11. The maximum Gasteiger partial charge on any atom is 0.312 e. The number of nitro benzene ring substituents is 1. The van der Waals surface area contributed by atoms with E-state index in [-0.39, 0.29) is 12.1 Å². The fourth-order valence-electron chi connectivity index (χ4n) is 1.66. The second-order valence-electron chi connectivity index (χ2n) is 4.52. The predicted octanol–water partition coefficient (Wildman–Crippen LogP) is 3.08. The van der Waals surface area contributed by atoms with Crippen LogP contribution in [0.2, 0.25) is 0 Å². The first kappa shape index (κ1) is 19.5. The third-order valence-corrected chi connectivity index (χ3v) is 5.28. The summed E-state index contributed by atoms with van der Waals surface area (Å²) >= 11 is 5.37. The van der Waals surface area contributed by atoms with Gasteiger partial charge < -0.3 is 14.2 Å². The quantitative estimate of drug-likeness (QED) is 0.267. The van der Waals surface area contributed by atoms with E-state index in [2.05, 4.69) is 5.09 Å². The van der Waals surface area contributed by atoms with Crippen LogP contribution in [0.4, 0.5) is 5.69 Å². The van der Waals surface area contributed by atoms with E-state index in [1.165, 1.54) is 24.3 Å². The molecule has 2 N–H and O–H groups in total. The van der Waals surface area contributed by atoms with Crippen LogP contribution in [-0.2, 0) is 21.1 Å². The highest BCUT2D eigenvalue weighted by atomic mass is 32.5. The molecule has 10 heteroatoms. The summed E-state index contributed by atoms with van der Waals surface area (Å²) in [7, 11) is 0. The van der Waals surface area contributed by atoms with Gasteiger partial charge in [-0.3, -0.25) is 14.9 Å². The number of carboxylic acids is 1. The lowest BCUT2D eigenvalue weighted by Gasteiger charge is -2.23. The summed E-state index contributed by atoms with van der Waals surface area (Å²) in [6.07, 6.45) is 1.26. The maximum absolute atomic E-state index is 10.6. The number of non-ortho nitro benzene ring substituents is 1. The fourth-order valence-corrected chi connectivity index (χ4v) is 3.89. The summed E-state index contributed by atoms with van der Waals surface area (Å²) in [6.45, 7) is -0.171. The number of rotatable bonds is 11. The fraction of sp³-hybridized carbons (Fsp3) is 0.462. The summed E-state index contributed by atoms with van der Waals surface area (Å²) in [5.41, 5.74) is -0.0382. The normalized spacial score (nSPS) is 13.3. The van der Waals surface area contributed by atoms with Crippen LogP contribution < -0.4 is 9.61 Å². The lowest BCUT2D eigenvalue weighted by molar-refractivity contribution is -0.384. The molecule has 128 valence electrons. The van der Waals surface area contributed by atoms with Crippen LogP contribution in [0.3, 0.4) is 0 Å². The third kappa shape index (κ3) is 7.51. The van der Waals surface area contributed by atoms with Crippen molar-refractivity contribution in [1.82, 2.24) is 5.09 Å². The molecule has 0 saturated heterocycles. The molecule has 1 unspecified atom stereocenters. The highest BCUT2D eigenvalue weighted by molar-refractivity contribution is 8.09. The number of aliphatic carboxylic acids is 1. The highest BCUT2D eigenvalue weighted by Crippen LogP contribution is 2.44. The van der Waals surface area contributed by atoms with Gasteiger partial charge in [0, 0.05) is 25.1 Å². The number of hydrogen-bond donors (Lipinski definition) is 2. The van der Waals surface area contributed by atoms with E-state index in [1.807, 2.05) is 0 Å². The topological polar surface area (TPSA) is 111 Å². The molecule has 0 radical (unpaired) electrons. The molecular formula is C13H19N2O6PS. The van der Waals surface area contributed by atoms with E-state index in [1.54, 1.807) is 6.92 Å². The molecule has 0 fully saturated rings. The molecule has 0 spiro atoms. The Balaban J connectivity index is 2.59. The Hall–Kier alpha value is -1.54. The number of benzene rings is 1. The molecule has 1 aromatic rings. The van der Waals surface area contributed by atoms with E-state index in [4.69, 9.17) is 26.0 Å². The molecule has 0 bridgehead atoms. The van der Waals surface area contributed by atoms with Gasteiger partial charge in [-0.1, -0.05) is 0 Å². The number of nitrogens with one attached hydrogen (secondary N) is 1. The molecule has 0 aromatic heterocycles. The molecule has 0 saturated carbocycles. The van der Waals surface area contributed by atoms with Gasteiger partial charge in [-0.15, -0.1) is 0 Å². The SMILES string of the molecule is CCOP(=S)(NCCCCC(=O)O)Oc1ccc([N+](=O)[O-])cc1. The first-order valence-electron chi connectivity index (χ1n) is 7.02. The van der Waals surface area contributed by atoms with Crippen molar-refractivity contribution in [1.29, 1.82) is 0 Å². The summed E-state index contributed by atoms with van der Waals surface area (Å²) in [6, 6.07) is 5.58. The molecule has 0 amide bonds. The van der Waals surface area contributed by atoms with Gasteiger partial charge in [0.05, 0.1) is 11.5 Å². The molecular weight excluding hydrogens is 343 g/mol. The molecule has 1 rings (SSSR count). The maximum atomic E-state index is 10.6. The number of unbranched alkanes of at least 4 members (excludes halogenated alkanes) is 1. The molecule has 8 nitrogen and oxygen atoms in total. The van der Waals surface area contributed by atoms with Gasteiger partial charge in [-0.2, -0.15) is 0 Å². The largest absolute Gasteiger partial charge is 0.481 e. The standard InChI is InChI=1S/C13H19N2O6PS/c1-2-20-22(23,14-10-4-3-5-13(16)17)21-12-8-6-11(7-9-12)15(18)19/h6-9H,2-5,10H2,1H3,(H,14,23)(H,16,17). The average molecular weight is 362 g/mol.